The Morgan fingerprint density at radius 1 is 0.755 bits per heavy atom. The van der Waals surface area contributed by atoms with Gasteiger partial charge in [0.15, 0.2) is 6.61 Å². The maximum Gasteiger partial charge on any atom is 0.338 e. The highest BCUT2D eigenvalue weighted by Crippen LogP contribution is 2.45. The molecule has 0 fully saturated rings. The summed E-state index contributed by atoms with van der Waals surface area (Å²) < 4.78 is 17.5. The predicted molar refractivity (Wildman–Crippen MR) is 193 cm³/mol. The molecular formula is C40H40N3O6+. The lowest BCUT2D eigenvalue weighted by Crippen LogP contribution is -2.51. The average molecular weight is 659 g/mol. The first-order valence-corrected chi connectivity index (χ1v) is 16.1. The van der Waals surface area contributed by atoms with Crippen molar-refractivity contribution in [1.82, 2.24) is 5.32 Å². The normalized spacial score (nSPS) is 11.4. The van der Waals surface area contributed by atoms with Crippen LogP contribution in [0.15, 0.2) is 122 Å². The van der Waals surface area contributed by atoms with Gasteiger partial charge in [0.25, 0.3) is 5.91 Å². The summed E-state index contributed by atoms with van der Waals surface area (Å²) in [5.74, 6) is -0.276. The summed E-state index contributed by atoms with van der Waals surface area (Å²) in [5, 5.41) is 9.57. The third kappa shape index (κ3) is 8.51. The number of anilines is 1. The molecule has 250 valence electrons. The maximum absolute atomic E-state index is 13.4. The molecule has 0 aliphatic rings. The van der Waals surface area contributed by atoms with E-state index in [0.717, 1.165) is 32.7 Å². The zero-order valence-corrected chi connectivity index (χ0v) is 27.3. The number of esters is 1. The summed E-state index contributed by atoms with van der Waals surface area (Å²) in [4.78, 5) is 39.1. The zero-order valence-electron chi connectivity index (χ0n) is 27.3. The molecule has 5 rings (SSSR count). The summed E-state index contributed by atoms with van der Waals surface area (Å²) in [7, 11) is 0. The summed E-state index contributed by atoms with van der Waals surface area (Å²) >= 11 is 0. The Morgan fingerprint density at radius 3 is 2.02 bits per heavy atom. The number of hydrogen-bond acceptors (Lipinski definition) is 6. The Balaban J connectivity index is 1.40. The number of amides is 2. The van der Waals surface area contributed by atoms with Gasteiger partial charge in [0.1, 0.15) is 30.8 Å². The fraction of sp³-hybridized carbons (Fsp3) is 0.175. The summed E-state index contributed by atoms with van der Waals surface area (Å²) in [6, 6.07) is 29.3. The topological polar surface area (TPSA) is 131 Å². The monoisotopic (exact) mass is 658 g/mol. The number of fused-ring (bicyclic) bond motifs is 2. The van der Waals surface area contributed by atoms with Crippen LogP contribution in [-0.4, -0.2) is 50.2 Å². The van der Waals surface area contributed by atoms with Crippen molar-refractivity contribution in [3.8, 4) is 22.6 Å². The average Bonchev–Trinajstić information content (AvgIpc) is 3.13. The molecule has 0 aliphatic heterocycles. The van der Waals surface area contributed by atoms with E-state index in [0.29, 0.717) is 43.2 Å². The molecule has 2 amide bonds. The molecule has 0 saturated carbocycles. The van der Waals surface area contributed by atoms with E-state index in [1.807, 2.05) is 72.8 Å². The Kier molecular flexibility index (Phi) is 11.8. The molecule has 5 N–H and O–H groups in total. The first kappa shape index (κ1) is 34.4. The van der Waals surface area contributed by atoms with Crippen molar-refractivity contribution in [3.05, 3.63) is 128 Å². The van der Waals surface area contributed by atoms with E-state index in [9.17, 15) is 14.4 Å². The van der Waals surface area contributed by atoms with Crippen LogP contribution in [0.4, 0.5) is 5.69 Å². The highest BCUT2D eigenvalue weighted by Gasteiger charge is 2.23. The Hall–Kier alpha value is -5.93. The second-order valence-corrected chi connectivity index (χ2v) is 11.3. The van der Waals surface area contributed by atoms with Crippen molar-refractivity contribution in [2.24, 2.45) is 0 Å². The van der Waals surface area contributed by atoms with Crippen LogP contribution < -0.4 is 25.8 Å². The number of carbonyl (C=O) groups excluding carboxylic acids is 3. The molecule has 0 unspecified atom stereocenters. The van der Waals surface area contributed by atoms with Crippen molar-refractivity contribution in [1.29, 1.82) is 0 Å². The van der Waals surface area contributed by atoms with Crippen molar-refractivity contribution in [3.63, 3.8) is 0 Å². The van der Waals surface area contributed by atoms with Crippen molar-refractivity contribution < 1.29 is 34.3 Å². The first-order valence-electron chi connectivity index (χ1n) is 16.1. The minimum atomic E-state index is -0.859. The highest BCUT2D eigenvalue weighted by atomic mass is 16.5. The van der Waals surface area contributed by atoms with Crippen LogP contribution in [0.1, 0.15) is 23.2 Å². The number of benzene rings is 5. The van der Waals surface area contributed by atoms with Gasteiger partial charge in [-0.05, 0) is 64.7 Å². The molecule has 0 radical (unpaired) electrons. The van der Waals surface area contributed by atoms with Crippen molar-refractivity contribution in [2.75, 3.05) is 31.7 Å². The molecule has 0 bridgehead atoms. The minimum absolute atomic E-state index is 0.0730. The van der Waals surface area contributed by atoms with Gasteiger partial charge in [0, 0.05) is 16.8 Å². The van der Waals surface area contributed by atoms with Gasteiger partial charge in [-0.3, -0.25) is 9.59 Å². The zero-order chi connectivity index (χ0) is 34.6. The molecule has 5 aromatic carbocycles. The van der Waals surface area contributed by atoms with Crippen LogP contribution in [0.2, 0.25) is 0 Å². The number of rotatable bonds is 16. The third-order valence-electron chi connectivity index (χ3n) is 7.84. The van der Waals surface area contributed by atoms with Crippen molar-refractivity contribution >= 4 is 45.0 Å². The number of hydrogen-bond donors (Lipinski definition) is 3. The predicted octanol–water partition coefficient (Wildman–Crippen LogP) is 6.09. The molecule has 0 spiro atoms. The van der Waals surface area contributed by atoms with Gasteiger partial charge in [-0.2, -0.15) is 0 Å². The molecule has 49 heavy (non-hydrogen) atoms. The van der Waals surface area contributed by atoms with E-state index in [-0.39, 0.29) is 18.8 Å². The SMILES string of the molecule is C=CCOC(=O)c1cccc(NC(=O)[C@@H](CCC[NH3+])NC(=O)COc2ccc3ccccc3c2-c2c(OCC=C)ccc3ccccc23)c1. The van der Waals surface area contributed by atoms with Crippen LogP contribution in [0.5, 0.6) is 11.5 Å². The van der Waals surface area contributed by atoms with Crippen LogP contribution in [-0.2, 0) is 14.3 Å². The fourth-order valence-electron chi connectivity index (χ4n) is 5.58. The lowest BCUT2D eigenvalue weighted by atomic mass is 9.92. The Morgan fingerprint density at radius 2 is 1.39 bits per heavy atom. The number of nitrogens with one attached hydrogen (secondary N) is 2. The smallest absolute Gasteiger partial charge is 0.338 e. The first-order chi connectivity index (χ1) is 23.9. The highest BCUT2D eigenvalue weighted by molar-refractivity contribution is 6.10. The van der Waals surface area contributed by atoms with Crippen LogP contribution in [0.3, 0.4) is 0 Å². The van der Waals surface area contributed by atoms with E-state index >= 15 is 0 Å². The number of quaternary nitrogens is 1. The fourth-order valence-corrected chi connectivity index (χ4v) is 5.58. The van der Waals surface area contributed by atoms with Gasteiger partial charge in [-0.25, -0.2) is 4.79 Å². The van der Waals surface area contributed by atoms with Crippen molar-refractivity contribution in [2.45, 2.75) is 18.9 Å². The molecule has 0 heterocycles. The van der Waals surface area contributed by atoms with E-state index in [1.54, 1.807) is 24.3 Å². The van der Waals surface area contributed by atoms with Crippen LogP contribution in [0, 0.1) is 0 Å². The molecule has 0 aromatic heterocycles. The van der Waals surface area contributed by atoms with Gasteiger partial charge >= 0.3 is 5.97 Å². The molecular weight excluding hydrogens is 618 g/mol. The van der Waals surface area contributed by atoms with Gasteiger partial charge in [-0.1, -0.05) is 92.0 Å². The quantitative estimate of drug-likeness (QED) is 0.0869. The third-order valence-corrected chi connectivity index (χ3v) is 7.84. The lowest BCUT2D eigenvalue weighted by Gasteiger charge is -2.21. The van der Waals surface area contributed by atoms with Gasteiger partial charge in [0.2, 0.25) is 5.91 Å². The standard InChI is InChI=1S/C40H39N3O6/c1-3-23-47-34-20-18-27-11-5-7-15-31(27)37(34)38-32-16-8-6-12-28(32)19-21-35(38)49-26-36(44)43-33(17-10-22-41)39(45)42-30-14-9-13-29(25-30)40(46)48-24-4-2/h3-9,11-16,18-21,25,33H,1-2,10,17,22-24,26,41H2,(H,42,45)(H,43,44)/p+1/t33-/m1/s1. The number of ether oxygens (including phenoxy) is 3. The summed E-state index contributed by atoms with van der Waals surface area (Å²) in [5.41, 5.74) is 6.19. The maximum atomic E-state index is 13.4. The van der Waals surface area contributed by atoms with E-state index in [1.165, 1.54) is 12.1 Å². The number of carbonyl (C=O) groups is 3. The summed E-state index contributed by atoms with van der Waals surface area (Å²) in [6.07, 6.45) is 4.14. The van der Waals surface area contributed by atoms with E-state index in [4.69, 9.17) is 14.2 Å². The summed E-state index contributed by atoms with van der Waals surface area (Å²) in [6.45, 7) is 7.99. The molecule has 9 nitrogen and oxygen atoms in total. The molecule has 5 aromatic rings. The Bertz CT molecular complexity index is 1990. The van der Waals surface area contributed by atoms with Crippen LogP contribution in [0.25, 0.3) is 32.7 Å². The molecule has 0 aliphatic carbocycles. The van der Waals surface area contributed by atoms with E-state index in [2.05, 4.69) is 29.5 Å². The molecule has 0 saturated heterocycles. The second kappa shape index (κ2) is 16.8. The van der Waals surface area contributed by atoms with Crippen LogP contribution >= 0.6 is 0 Å². The minimum Gasteiger partial charge on any atom is -0.489 e. The molecule has 1 atom stereocenters. The van der Waals surface area contributed by atoms with E-state index < -0.39 is 23.8 Å². The Labute approximate surface area is 285 Å². The largest absolute Gasteiger partial charge is 0.489 e. The van der Waals surface area contributed by atoms with Gasteiger partial charge in [0.05, 0.1) is 12.1 Å². The van der Waals surface area contributed by atoms with Gasteiger partial charge in [-0.15, -0.1) is 0 Å². The lowest BCUT2D eigenvalue weighted by molar-refractivity contribution is -0.368. The second-order valence-electron chi connectivity index (χ2n) is 11.3. The molecule has 9 heteroatoms. The van der Waals surface area contributed by atoms with Gasteiger partial charge < -0.3 is 30.6 Å².